The molecule has 0 aromatic heterocycles. The van der Waals surface area contributed by atoms with Crippen LogP contribution in [0.3, 0.4) is 0 Å². The van der Waals surface area contributed by atoms with Crippen molar-refractivity contribution in [2.75, 3.05) is 27.8 Å². The van der Waals surface area contributed by atoms with Crippen LogP contribution in [0, 0.1) is 10.1 Å². The molecule has 0 aliphatic carbocycles. The molecule has 0 N–H and O–H groups in total. The third kappa shape index (κ3) is 4.01. The zero-order chi connectivity index (χ0) is 14.4. The number of likely N-dealkylation sites (N-methyl/N-ethyl adjacent to an activating group) is 1. The van der Waals surface area contributed by atoms with Gasteiger partial charge in [0.1, 0.15) is 0 Å². The van der Waals surface area contributed by atoms with E-state index in [1.807, 2.05) is 0 Å². The Bertz CT molecular complexity index is 459. The highest BCUT2D eigenvalue weighted by atomic mass is 16.7. The molecule has 0 bridgehead atoms. The largest absolute Gasteiger partial charge is 0.354 e. The maximum Gasteiger partial charge on any atom is 0.270 e. The minimum atomic E-state index is -0.538. The van der Waals surface area contributed by atoms with Crippen LogP contribution in [0.25, 0.3) is 0 Å². The summed E-state index contributed by atoms with van der Waals surface area (Å²) in [6.07, 6.45) is -0.535. The Labute approximate surface area is 110 Å². The second-order valence-corrected chi connectivity index (χ2v) is 3.89. The van der Waals surface area contributed by atoms with Crippen molar-refractivity contribution in [3.05, 3.63) is 39.9 Å². The first kappa shape index (κ1) is 15.1. The minimum Gasteiger partial charge on any atom is -0.354 e. The lowest BCUT2D eigenvalue weighted by atomic mass is 10.2. The van der Waals surface area contributed by atoms with Gasteiger partial charge in [-0.1, -0.05) is 6.07 Å². The summed E-state index contributed by atoms with van der Waals surface area (Å²) in [6, 6.07) is 5.58. The van der Waals surface area contributed by atoms with Gasteiger partial charge in [-0.2, -0.15) is 0 Å². The van der Waals surface area contributed by atoms with Gasteiger partial charge in [-0.15, -0.1) is 0 Å². The van der Waals surface area contributed by atoms with Gasteiger partial charge in [-0.25, -0.2) is 0 Å². The van der Waals surface area contributed by atoms with Crippen LogP contribution in [0.15, 0.2) is 24.3 Å². The molecular formula is C12H16N2O5. The number of amides is 1. The van der Waals surface area contributed by atoms with Crippen molar-refractivity contribution >= 4 is 11.6 Å². The molecule has 0 atom stereocenters. The van der Waals surface area contributed by atoms with Crippen LogP contribution >= 0.6 is 0 Å². The lowest BCUT2D eigenvalue weighted by molar-refractivity contribution is -0.384. The van der Waals surface area contributed by atoms with E-state index in [0.29, 0.717) is 0 Å². The van der Waals surface area contributed by atoms with Gasteiger partial charge in [-0.05, 0) is 6.07 Å². The van der Waals surface area contributed by atoms with Gasteiger partial charge in [0.2, 0.25) is 0 Å². The highest BCUT2D eigenvalue weighted by molar-refractivity contribution is 5.94. The number of rotatable bonds is 6. The topological polar surface area (TPSA) is 81.9 Å². The second-order valence-electron chi connectivity index (χ2n) is 3.89. The SMILES string of the molecule is COC(CN(C)C(=O)c1cccc([N+](=O)[O-])c1)OC. The first-order valence-electron chi connectivity index (χ1n) is 5.55. The molecule has 0 fully saturated rings. The summed E-state index contributed by atoms with van der Waals surface area (Å²) >= 11 is 0. The lowest BCUT2D eigenvalue weighted by Crippen LogP contribution is -2.36. The number of carbonyl (C=O) groups is 1. The van der Waals surface area contributed by atoms with Crippen LogP contribution in [0.4, 0.5) is 5.69 Å². The van der Waals surface area contributed by atoms with Gasteiger partial charge >= 0.3 is 0 Å². The van der Waals surface area contributed by atoms with E-state index in [1.165, 1.54) is 43.4 Å². The maximum absolute atomic E-state index is 12.1. The van der Waals surface area contributed by atoms with Crippen molar-refractivity contribution in [1.29, 1.82) is 0 Å². The molecule has 104 valence electrons. The summed E-state index contributed by atoms with van der Waals surface area (Å²) in [5.41, 5.74) is 0.136. The molecule has 1 rings (SSSR count). The fraction of sp³-hybridized carbons (Fsp3) is 0.417. The highest BCUT2D eigenvalue weighted by Crippen LogP contribution is 2.14. The Hall–Kier alpha value is -1.99. The third-order valence-electron chi connectivity index (χ3n) is 2.60. The summed E-state index contributed by atoms with van der Waals surface area (Å²) < 4.78 is 9.99. The summed E-state index contributed by atoms with van der Waals surface area (Å²) in [6.45, 7) is 0.231. The smallest absolute Gasteiger partial charge is 0.270 e. The van der Waals surface area contributed by atoms with Gasteiger partial charge in [0.25, 0.3) is 11.6 Å². The van der Waals surface area contributed by atoms with Gasteiger partial charge in [0.05, 0.1) is 11.5 Å². The normalized spacial score (nSPS) is 10.5. The van der Waals surface area contributed by atoms with Crippen LogP contribution in [0.5, 0.6) is 0 Å². The van der Waals surface area contributed by atoms with Crippen molar-refractivity contribution in [1.82, 2.24) is 4.90 Å². The number of carbonyl (C=O) groups excluding carboxylic acids is 1. The molecule has 0 radical (unpaired) electrons. The number of hydrogen-bond donors (Lipinski definition) is 0. The number of nitro benzene ring substituents is 1. The van der Waals surface area contributed by atoms with Gasteiger partial charge in [0.15, 0.2) is 6.29 Å². The highest BCUT2D eigenvalue weighted by Gasteiger charge is 2.18. The van der Waals surface area contributed by atoms with E-state index in [-0.39, 0.29) is 23.7 Å². The number of benzene rings is 1. The first-order chi connectivity index (χ1) is 8.99. The molecular weight excluding hydrogens is 252 g/mol. The summed E-state index contributed by atoms with van der Waals surface area (Å²) in [5, 5.41) is 10.7. The van der Waals surface area contributed by atoms with Crippen LogP contribution in [0.1, 0.15) is 10.4 Å². The Morgan fingerprint density at radius 3 is 2.58 bits per heavy atom. The molecule has 1 aromatic rings. The molecule has 0 saturated heterocycles. The molecule has 0 spiro atoms. The first-order valence-corrected chi connectivity index (χ1v) is 5.55. The molecule has 7 nitrogen and oxygen atoms in total. The van der Waals surface area contributed by atoms with Crippen molar-refractivity contribution < 1.29 is 19.2 Å². The van der Waals surface area contributed by atoms with E-state index in [1.54, 1.807) is 7.05 Å². The lowest BCUT2D eigenvalue weighted by Gasteiger charge is -2.22. The van der Waals surface area contributed by atoms with E-state index in [4.69, 9.17) is 9.47 Å². The van der Waals surface area contributed by atoms with Gasteiger partial charge < -0.3 is 14.4 Å². The molecule has 1 amide bonds. The van der Waals surface area contributed by atoms with Crippen LogP contribution in [-0.4, -0.2) is 49.8 Å². The Kier molecular flexibility index (Phi) is 5.40. The fourth-order valence-electron chi connectivity index (χ4n) is 1.52. The van der Waals surface area contributed by atoms with Crippen LogP contribution < -0.4 is 0 Å². The zero-order valence-electron chi connectivity index (χ0n) is 11.0. The van der Waals surface area contributed by atoms with Crippen LogP contribution in [0.2, 0.25) is 0 Å². The molecule has 1 aromatic carbocycles. The van der Waals surface area contributed by atoms with E-state index in [2.05, 4.69) is 0 Å². The Morgan fingerprint density at radius 1 is 1.42 bits per heavy atom. The summed E-state index contributed by atoms with van der Waals surface area (Å²) in [7, 11) is 4.52. The van der Waals surface area contributed by atoms with E-state index < -0.39 is 11.2 Å². The zero-order valence-corrected chi connectivity index (χ0v) is 11.0. The number of nitrogens with zero attached hydrogens (tertiary/aromatic N) is 2. The molecule has 0 unspecified atom stereocenters. The summed E-state index contributed by atoms with van der Waals surface area (Å²) in [4.78, 5) is 23.6. The maximum atomic E-state index is 12.1. The van der Waals surface area contributed by atoms with Crippen molar-refractivity contribution in [3.8, 4) is 0 Å². The number of hydrogen-bond acceptors (Lipinski definition) is 5. The van der Waals surface area contributed by atoms with E-state index in [0.717, 1.165) is 0 Å². The average molecular weight is 268 g/mol. The standard InChI is InChI=1S/C12H16N2O5/c1-13(8-11(18-2)19-3)12(15)9-5-4-6-10(7-9)14(16)17/h4-7,11H,8H2,1-3H3. The molecule has 0 saturated carbocycles. The van der Waals surface area contributed by atoms with Crippen molar-refractivity contribution in [3.63, 3.8) is 0 Å². The minimum absolute atomic E-state index is 0.116. The van der Waals surface area contributed by atoms with E-state index >= 15 is 0 Å². The quantitative estimate of drug-likeness (QED) is 0.441. The summed E-state index contributed by atoms with van der Waals surface area (Å²) in [5.74, 6) is -0.331. The second kappa shape index (κ2) is 6.81. The van der Waals surface area contributed by atoms with Crippen molar-refractivity contribution in [2.45, 2.75) is 6.29 Å². The molecule has 0 aliphatic rings. The van der Waals surface area contributed by atoms with Gasteiger partial charge in [-0.3, -0.25) is 14.9 Å². The molecule has 19 heavy (non-hydrogen) atoms. The number of nitro groups is 1. The third-order valence-corrected chi connectivity index (χ3v) is 2.60. The fourth-order valence-corrected chi connectivity index (χ4v) is 1.52. The van der Waals surface area contributed by atoms with Crippen molar-refractivity contribution in [2.24, 2.45) is 0 Å². The predicted molar refractivity (Wildman–Crippen MR) is 67.9 cm³/mol. The average Bonchev–Trinajstić information content (AvgIpc) is 2.43. The Balaban J connectivity index is 2.82. The Morgan fingerprint density at radius 2 is 2.05 bits per heavy atom. The number of ether oxygens (including phenoxy) is 2. The number of non-ortho nitro benzene ring substituents is 1. The molecule has 0 aliphatic heterocycles. The molecule has 0 heterocycles. The van der Waals surface area contributed by atoms with E-state index in [9.17, 15) is 14.9 Å². The van der Waals surface area contributed by atoms with Gasteiger partial charge in [0, 0.05) is 39.0 Å². The monoisotopic (exact) mass is 268 g/mol. The number of methoxy groups -OCH3 is 2. The predicted octanol–water partition coefficient (Wildman–Crippen LogP) is 1.29. The molecule has 7 heteroatoms. The van der Waals surface area contributed by atoms with Crippen LogP contribution in [-0.2, 0) is 9.47 Å².